The lowest BCUT2D eigenvalue weighted by atomic mass is 10.1. The molecule has 0 aliphatic rings. The van der Waals surface area contributed by atoms with E-state index >= 15 is 0 Å². The second kappa shape index (κ2) is 43.6. The molecule has 57 heavy (non-hydrogen) atoms. The number of phosphoric acid groups is 1. The van der Waals surface area contributed by atoms with Gasteiger partial charge in [0.2, 0.25) is 0 Å². The van der Waals surface area contributed by atoms with Gasteiger partial charge in [-0.1, -0.05) is 178 Å². The molecule has 0 heterocycles. The van der Waals surface area contributed by atoms with Crippen molar-refractivity contribution in [2.45, 2.75) is 225 Å². The van der Waals surface area contributed by atoms with Gasteiger partial charge in [-0.3, -0.25) is 18.6 Å². The predicted molar refractivity (Wildman–Crippen MR) is 239 cm³/mol. The van der Waals surface area contributed by atoms with Gasteiger partial charge in [0.1, 0.15) is 6.61 Å². The third-order valence-corrected chi connectivity index (χ3v) is 11.0. The fourth-order valence-corrected chi connectivity index (χ4v) is 6.88. The normalized spacial score (nSPS) is 13.7. The van der Waals surface area contributed by atoms with E-state index in [2.05, 4.69) is 67.0 Å². The third kappa shape index (κ3) is 43.4. The highest BCUT2D eigenvalue weighted by Gasteiger charge is 2.24. The zero-order valence-corrected chi connectivity index (χ0v) is 37.9. The van der Waals surface area contributed by atoms with Crippen LogP contribution >= 0.6 is 7.82 Å². The molecule has 0 fully saturated rings. The van der Waals surface area contributed by atoms with Crippen molar-refractivity contribution in [1.82, 2.24) is 0 Å². The van der Waals surface area contributed by atoms with Crippen LogP contribution in [-0.4, -0.2) is 43.3 Å². The zero-order valence-electron chi connectivity index (χ0n) is 37.0. The number of hydrogen-bond acceptors (Lipinski definition) is 7. The number of carbonyl (C=O) groups is 2. The summed E-state index contributed by atoms with van der Waals surface area (Å²) in [5, 5.41) is 0. The molecule has 1 N–H and O–H groups in total. The van der Waals surface area contributed by atoms with Gasteiger partial charge in [0.15, 0.2) is 6.10 Å². The van der Waals surface area contributed by atoms with Gasteiger partial charge in [-0.15, -0.1) is 0 Å². The third-order valence-electron chi connectivity index (χ3n) is 10.0. The SMILES string of the molecule is CCCCC/C=C\C/C=C\CCCCCCCCCC(=O)OCC(COP(=O)(O)OC)OC(=O)CCCCCCCCCCC/C=C\C/C=C\CCCCCCC. The molecule has 0 aromatic heterocycles. The molecule has 8 nitrogen and oxygen atoms in total. The molecule has 0 aromatic rings. The van der Waals surface area contributed by atoms with E-state index in [0.29, 0.717) is 6.42 Å². The number of phosphoric ester groups is 1. The predicted octanol–water partition coefficient (Wildman–Crippen LogP) is 15.0. The highest BCUT2D eigenvalue weighted by Crippen LogP contribution is 2.42. The lowest BCUT2D eigenvalue weighted by Crippen LogP contribution is -2.29. The number of esters is 2. The van der Waals surface area contributed by atoms with Crippen molar-refractivity contribution >= 4 is 19.8 Å². The minimum absolute atomic E-state index is 0.231. The maximum Gasteiger partial charge on any atom is 0.472 e. The average molecular weight is 823 g/mol. The van der Waals surface area contributed by atoms with E-state index in [1.807, 2.05) is 0 Å². The van der Waals surface area contributed by atoms with Gasteiger partial charge in [-0.05, 0) is 77.0 Å². The summed E-state index contributed by atoms with van der Waals surface area (Å²) in [5.41, 5.74) is 0. The van der Waals surface area contributed by atoms with Gasteiger partial charge >= 0.3 is 19.8 Å². The van der Waals surface area contributed by atoms with E-state index in [9.17, 15) is 19.0 Å². The lowest BCUT2D eigenvalue weighted by molar-refractivity contribution is -0.161. The topological polar surface area (TPSA) is 108 Å². The minimum Gasteiger partial charge on any atom is -0.462 e. The molecule has 332 valence electrons. The Balaban J connectivity index is 3.97. The molecule has 0 rings (SSSR count). The van der Waals surface area contributed by atoms with Crippen molar-refractivity contribution in [3.8, 4) is 0 Å². The molecule has 0 aliphatic carbocycles. The second-order valence-electron chi connectivity index (χ2n) is 15.5. The molecule has 0 amide bonds. The number of allylic oxidation sites excluding steroid dienone is 8. The molecule has 0 saturated carbocycles. The maximum atomic E-state index is 12.5. The van der Waals surface area contributed by atoms with Gasteiger partial charge in [0.25, 0.3) is 0 Å². The Kier molecular flexibility index (Phi) is 42.1. The van der Waals surface area contributed by atoms with Gasteiger partial charge in [-0.25, -0.2) is 4.57 Å². The van der Waals surface area contributed by atoms with E-state index in [1.165, 1.54) is 122 Å². The highest BCUT2D eigenvalue weighted by molar-refractivity contribution is 7.47. The van der Waals surface area contributed by atoms with Crippen LogP contribution in [0, 0.1) is 0 Å². The number of ether oxygens (including phenoxy) is 2. The number of unbranched alkanes of at least 4 members (excludes halogenated alkanes) is 24. The fraction of sp³-hybridized carbons (Fsp3) is 0.792. The van der Waals surface area contributed by atoms with Gasteiger partial charge in [0.05, 0.1) is 6.61 Å². The van der Waals surface area contributed by atoms with E-state index < -0.39 is 26.5 Å². The first-order valence-corrected chi connectivity index (χ1v) is 24.8. The molecule has 0 aliphatic heterocycles. The van der Waals surface area contributed by atoms with Crippen molar-refractivity contribution in [2.75, 3.05) is 20.3 Å². The summed E-state index contributed by atoms with van der Waals surface area (Å²) in [7, 11) is -3.21. The van der Waals surface area contributed by atoms with Crippen LogP contribution in [0.1, 0.15) is 219 Å². The standard InChI is InChI=1S/C48H87O8P/c1-4-6-8-10-12-14-16-18-20-22-23-24-25-27-29-31-33-35-37-39-41-43-48(50)56-46(45-55-57(51,52)53-3)44-54-47(49)42-40-38-36-34-32-30-28-26-21-19-17-15-13-11-9-7-5-2/h13,15-16,18-19,21-23,46H,4-12,14,17,20,24-45H2,1-3H3,(H,51,52)/b15-13-,18-16-,21-19-,23-22-. The average Bonchev–Trinajstić information content (AvgIpc) is 3.20. The van der Waals surface area contributed by atoms with Crippen molar-refractivity contribution in [3.05, 3.63) is 48.6 Å². The van der Waals surface area contributed by atoms with Crippen molar-refractivity contribution < 1.29 is 37.6 Å². The van der Waals surface area contributed by atoms with E-state index in [-0.39, 0.29) is 25.4 Å². The first-order chi connectivity index (χ1) is 27.8. The second-order valence-corrected chi connectivity index (χ2v) is 17.1. The number of carbonyl (C=O) groups excluding carboxylic acids is 2. The maximum absolute atomic E-state index is 12.5. The summed E-state index contributed by atoms with van der Waals surface area (Å²) in [4.78, 5) is 34.6. The fourth-order valence-electron chi connectivity index (χ4n) is 6.42. The molecule has 0 aromatic carbocycles. The van der Waals surface area contributed by atoms with Crippen LogP contribution in [-0.2, 0) is 32.7 Å². The molecular weight excluding hydrogens is 735 g/mol. The summed E-state index contributed by atoms with van der Waals surface area (Å²) in [6.07, 6.45) is 53.0. The minimum atomic E-state index is -4.27. The summed E-state index contributed by atoms with van der Waals surface area (Å²) >= 11 is 0. The Labute approximate surface area is 350 Å². The van der Waals surface area contributed by atoms with Crippen molar-refractivity contribution in [3.63, 3.8) is 0 Å². The van der Waals surface area contributed by atoms with E-state index in [0.717, 1.165) is 71.3 Å². The van der Waals surface area contributed by atoms with Crippen LogP contribution in [0.3, 0.4) is 0 Å². The monoisotopic (exact) mass is 823 g/mol. The number of hydrogen-bond donors (Lipinski definition) is 1. The summed E-state index contributed by atoms with van der Waals surface area (Å²) in [5.74, 6) is -0.814. The Bertz CT molecular complexity index is 1070. The zero-order chi connectivity index (χ0) is 41.8. The molecule has 0 saturated heterocycles. The van der Waals surface area contributed by atoms with Crippen LogP contribution in [0.5, 0.6) is 0 Å². The highest BCUT2D eigenvalue weighted by atomic mass is 31.2. The molecule has 0 bridgehead atoms. The first kappa shape index (κ1) is 55.0. The molecule has 0 radical (unpaired) electrons. The van der Waals surface area contributed by atoms with Gasteiger partial charge < -0.3 is 14.4 Å². The smallest absolute Gasteiger partial charge is 0.462 e. The van der Waals surface area contributed by atoms with Crippen LogP contribution < -0.4 is 0 Å². The van der Waals surface area contributed by atoms with Crippen molar-refractivity contribution in [1.29, 1.82) is 0 Å². The van der Waals surface area contributed by atoms with Crippen LogP contribution in [0.2, 0.25) is 0 Å². The molecule has 9 heteroatoms. The summed E-state index contributed by atoms with van der Waals surface area (Å²) in [6, 6.07) is 0. The van der Waals surface area contributed by atoms with Gasteiger partial charge in [0, 0.05) is 20.0 Å². The summed E-state index contributed by atoms with van der Waals surface area (Å²) in [6.45, 7) is 3.86. The Morgan fingerprint density at radius 1 is 0.491 bits per heavy atom. The van der Waals surface area contributed by atoms with Crippen molar-refractivity contribution in [2.24, 2.45) is 0 Å². The largest absolute Gasteiger partial charge is 0.472 e. The van der Waals surface area contributed by atoms with E-state index in [4.69, 9.17) is 14.0 Å². The van der Waals surface area contributed by atoms with Crippen LogP contribution in [0.15, 0.2) is 48.6 Å². The lowest BCUT2D eigenvalue weighted by Gasteiger charge is -2.19. The Morgan fingerprint density at radius 2 is 0.842 bits per heavy atom. The first-order valence-electron chi connectivity index (χ1n) is 23.3. The molecule has 2 unspecified atom stereocenters. The Morgan fingerprint density at radius 3 is 1.26 bits per heavy atom. The molecular formula is C48H87O8P. The molecule has 0 spiro atoms. The summed E-state index contributed by atoms with van der Waals surface area (Å²) < 4.78 is 32.1. The van der Waals surface area contributed by atoms with Gasteiger partial charge in [-0.2, -0.15) is 0 Å². The number of rotatable bonds is 43. The van der Waals surface area contributed by atoms with Crippen LogP contribution in [0.25, 0.3) is 0 Å². The quantitative estimate of drug-likeness (QED) is 0.0280. The van der Waals surface area contributed by atoms with E-state index in [1.54, 1.807) is 0 Å². The molecule has 2 atom stereocenters. The Hall–Kier alpha value is -1.99. The van der Waals surface area contributed by atoms with Crippen LogP contribution in [0.4, 0.5) is 0 Å².